The fourth-order valence-corrected chi connectivity index (χ4v) is 3.66. The summed E-state index contributed by atoms with van der Waals surface area (Å²) in [6.07, 6.45) is 1.47. The van der Waals surface area contributed by atoms with Gasteiger partial charge in [-0.3, -0.25) is 14.4 Å². The summed E-state index contributed by atoms with van der Waals surface area (Å²) in [7, 11) is 0. The van der Waals surface area contributed by atoms with E-state index in [-0.39, 0.29) is 24.7 Å². The minimum absolute atomic E-state index is 0.0102. The summed E-state index contributed by atoms with van der Waals surface area (Å²) in [4.78, 5) is 52.6. The van der Waals surface area contributed by atoms with E-state index in [0.717, 1.165) is 11.0 Å². The van der Waals surface area contributed by atoms with Gasteiger partial charge in [0.2, 0.25) is 0 Å². The number of rotatable bonds is 6. The Labute approximate surface area is 166 Å². The Morgan fingerprint density at radius 1 is 0.828 bits per heavy atom. The van der Waals surface area contributed by atoms with E-state index in [1.54, 1.807) is 0 Å². The van der Waals surface area contributed by atoms with E-state index in [2.05, 4.69) is 4.57 Å². The normalized spacial score (nSPS) is 14.1. The third-order valence-electron chi connectivity index (χ3n) is 5.09. The highest BCUT2D eigenvalue weighted by atomic mass is 16.7. The predicted octanol–water partition coefficient (Wildman–Crippen LogP) is 2.93. The first-order valence-corrected chi connectivity index (χ1v) is 9.63. The van der Waals surface area contributed by atoms with E-state index < -0.39 is 17.8 Å². The number of imide groups is 1. The van der Waals surface area contributed by atoms with Crippen LogP contribution in [0.3, 0.4) is 0 Å². The average molecular weight is 392 g/mol. The van der Waals surface area contributed by atoms with E-state index in [1.165, 1.54) is 0 Å². The van der Waals surface area contributed by atoms with E-state index in [1.807, 2.05) is 48.5 Å². The van der Waals surface area contributed by atoms with Gasteiger partial charge in [0.05, 0.1) is 11.0 Å². The number of benzene rings is 2. The Morgan fingerprint density at radius 3 is 1.97 bits per heavy atom. The molecule has 2 aromatic carbocycles. The summed E-state index contributed by atoms with van der Waals surface area (Å²) in [5.41, 5.74) is 1.72. The molecule has 1 fully saturated rings. The van der Waals surface area contributed by atoms with Crippen LogP contribution in [-0.2, 0) is 25.8 Å². The topological polar surface area (TPSA) is 85.7 Å². The van der Waals surface area contributed by atoms with Crippen LogP contribution in [0.4, 0.5) is 0 Å². The molecule has 0 radical (unpaired) electrons. The lowest BCUT2D eigenvalue weighted by Gasteiger charge is -2.15. The molecule has 1 aromatic heterocycles. The Kier molecular flexibility index (Phi) is 5.12. The summed E-state index contributed by atoms with van der Waals surface area (Å²) >= 11 is 0. The maximum Gasteiger partial charge on any atom is 0.333 e. The van der Waals surface area contributed by atoms with Crippen LogP contribution < -0.4 is 5.43 Å². The molecule has 3 aromatic rings. The van der Waals surface area contributed by atoms with Crippen LogP contribution >= 0.6 is 0 Å². The molecule has 1 saturated heterocycles. The molecule has 0 unspecified atom stereocenters. The van der Waals surface area contributed by atoms with Crippen molar-refractivity contribution in [3.8, 4) is 0 Å². The molecule has 0 bridgehead atoms. The molecule has 7 nitrogen and oxygen atoms in total. The van der Waals surface area contributed by atoms with Crippen LogP contribution in [0.25, 0.3) is 21.8 Å². The number of nitrogens with zero attached hydrogens (tertiary/aromatic N) is 2. The SMILES string of the molecule is O=C(CCCCn1c2ccccc2c(=O)c2ccccc21)ON1C(=O)CCC1=O. The van der Waals surface area contributed by atoms with Gasteiger partial charge in [-0.25, -0.2) is 4.79 Å². The summed E-state index contributed by atoms with van der Waals surface area (Å²) < 4.78 is 2.09. The van der Waals surface area contributed by atoms with Crippen molar-refractivity contribution >= 4 is 39.6 Å². The number of unbranched alkanes of at least 4 members (excludes halogenated alkanes) is 1. The number of para-hydroxylation sites is 2. The zero-order chi connectivity index (χ0) is 20.4. The van der Waals surface area contributed by atoms with Gasteiger partial charge >= 0.3 is 5.97 Å². The number of hydrogen-bond acceptors (Lipinski definition) is 5. The molecular formula is C22H20N2O5. The highest BCUT2D eigenvalue weighted by Crippen LogP contribution is 2.20. The maximum absolute atomic E-state index is 12.7. The average Bonchev–Trinajstić information content (AvgIpc) is 3.05. The predicted molar refractivity (Wildman–Crippen MR) is 107 cm³/mol. The van der Waals surface area contributed by atoms with Crippen molar-refractivity contribution in [3.63, 3.8) is 0 Å². The van der Waals surface area contributed by atoms with Gasteiger partial charge < -0.3 is 9.40 Å². The standard InChI is InChI=1S/C22H20N2O5/c25-19-12-13-20(26)24(19)29-21(27)11-5-6-14-23-17-9-3-1-7-15(17)22(28)16-8-2-4-10-18(16)23/h1-4,7-10H,5-6,11-14H2. The smallest absolute Gasteiger partial charge is 0.333 e. The molecule has 1 aliphatic heterocycles. The quantitative estimate of drug-likeness (QED) is 0.366. The molecule has 0 saturated carbocycles. The van der Waals surface area contributed by atoms with Gasteiger partial charge in [-0.15, -0.1) is 5.06 Å². The van der Waals surface area contributed by atoms with Gasteiger partial charge in [0.1, 0.15) is 0 Å². The van der Waals surface area contributed by atoms with E-state index >= 15 is 0 Å². The second-order valence-corrected chi connectivity index (χ2v) is 7.02. The number of amides is 2. The lowest BCUT2D eigenvalue weighted by molar-refractivity contribution is -0.197. The molecule has 1 aliphatic rings. The van der Waals surface area contributed by atoms with Gasteiger partial charge in [-0.05, 0) is 37.1 Å². The molecular weight excluding hydrogens is 372 g/mol. The lowest BCUT2D eigenvalue weighted by Crippen LogP contribution is -2.31. The number of hydroxylamine groups is 2. The molecule has 2 heterocycles. The van der Waals surface area contributed by atoms with Crippen molar-refractivity contribution in [2.45, 2.75) is 38.6 Å². The second-order valence-electron chi connectivity index (χ2n) is 7.02. The van der Waals surface area contributed by atoms with E-state index in [0.29, 0.717) is 35.2 Å². The number of fused-ring (bicyclic) bond motifs is 2. The van der Waals surface area contributed by atoms with Crippen molar-refractivity contribution in [3.05, 3.63) is 58.8 Å². The minimum Gasteiger partial charge on any atom is -0.340 e. The van der Waals surface area contributed by atoms with Crippen LogP contribution in [0.15, 0.2) is 53.3 Å². The van der Waals surface area contributed by atoms with Crippen molar-refractivity contribution < 1.29 is 19.2 Å². The summed E-state index contributed by atoms with van der Waals surface area (Å²) in [6, 6.07) is 15.0. The number of carbonyl (C=O) groups is 3. The van der Waals surface area contributed by atoms with E-state index in [4.69, 9.17) is 4.84 Å². The largest absolute Gasteiger partial charge is 0.340 e. The minimum atomic E-state index is -0.594. The fourth-order valence-electron chi connectivity index (χ4n) is 3.66. The molecule has 0 aliphatic carbocycles. The number of hydrogen-bond donors (Lipinski definition) is 0. The molecule has 0 N–H and O–H groups in total. The lowest BCUT2D eigenvalue weighted by atomic mass is 10.1. The Hall–Kier alpha value is -3.48. The Bertz CT molecular complexity index is 1100. The van der Waals surface area contributed by atoms with Crippen molar-refractivity contribution in [2.75, 3.05) is 0 Å². The van der Waals surface area contributed by atoms with Gasteiger partial charge in [0.25, 0.3) is 11.8 Å². The van der Waals surface area contributed by atoms with Crippen molar-refractivity contribution in [2.24, 2.45) is 0 Å². The molecule has 148 valence electrons. The van der Waals surface area contributed by atoms with Crippen molar-refractivity contribution in [1.82, 2.24) is 9.63 Å². The first kappa shape index (κ1) is 18.9. The molecule has 4 rings (SSSR count). The number of pyridine rings is 1. The molecule has 0 atom stereocenters. The Balaban J connectivity index is 1.46. The molecule has 29 heavy (non-hydrogen) atoms. The molecule has 2 amide bonds. The van der Waals surface area contributed by atoms with Crippen LogP contribution in [0.1, 0.15) is 32.1 Å². The summed E-state index contributed by atoms with van der Waals surface area (Å²) in [5.74, 6) is -1.55. The van der Waals surface area contributed by atoms with Crippen LogP contribution in [0.5, 0.6) is 0 Å². The van der Waals surface area contributed by atoms with Crippen LogP contribution in [0, 0.1) is 0 Å². The van der Waals surface area contributed by atoms with Crippen LogP contribution in [-0.4, -0.2) is 27.4 Å². The number of aromatic nitrogens is 1. The first-order valence-electron chi connectivity index (χ1n) is 9.63. The fraction of sp³-hybridized carbons (Fsp3) is 0.273. The zero-order valence-corrected chi connectivity index (χ0v) is 15.8. The summed E-state index contributed by atoms with van der Waals surface area (Å²) in [6.45, 7) is 0.621. The van der Waals surface area contributed by atoms with Crippen molar-refractivity contribution in [1.29, 1.82) is 0 Å². The number of carbonyl (C=O) groups excluding carboxylic acids is 3. The molecule has 7 heteroatoms. The monoisotopic (exact) mass is 392 g/mol. The Morgan fingerprint density at radius 2 is 1.38 bits per heavy atom. The van der Waals surface area contributed by atoms with Gasteiger partial charge in [-0.1, -0.05) is 24.3 Å². The van der Waals surface area contributed by atoms with Gasteiger partial charge in [0, 0.05) is 36.6 Å². The highest BCUT2D eigenvalue weighted by Gasteiger charge is 2.32. The summed E-state index contributed by atoms with van der Waals surface area (Å²) in [5, 5.41) is 1.90. The van der Waals surface area contributed by atoms with Gasteiger partial charge in [0.15, 0.2) is 5.43 Å². The van der Waals surface area contributed by atoms with Gasteiger partial charge in [-0.2, -0.15) is 0 Å². The third kappa shape index (κ3) is 3.63. The maximum atomic E-state index is 12.7. The molecule has 0 spiro atoms. The first-order chi connectivity index (χ1) is 14.1. The van der Waals surface area contributed by atoms with Crippen LogP contribution in [0.2, 0.25) is 0 Å². The number of aryl methyl sites for hydroxylation is 1. The van der Waals surface area contributed by atoms with E-state index in [9.17, 15) is 19.2 Å². The third-order valence-corrected chi connectivity index (χ3v) is 5.09. The zero-order valence-electron chi connectivity index (χ0n) is 15.8. The second kappa shape index (κ2) is 7.87. The highest BCUT2D eigenvalue weighted by molar-refractivity contribution is 6.01.